The molecule has 1 aromatic carbocycles. The highest BCUT2D eigenvalue weighted by molar-refractivity contribution is 6.30. The van der Waals surface area contributed by atoms with Crippen LogP contribution in [0.5, 0.6) is 5.75 Å². The molecule has 1 N–H and O–H groups in total. The largest absolute Gasteiger partial charge is 0.484 e. The van der Waals surface area contributed by atoms with Gasteiger partial charge < -0.3 is 14.8 Å². The molecule has 0 fully saturated rings. The Kier molecular flexibility index (Phi) is 6.54. The predicted octanol–water partition coefficient (Wildman–Crippen LogP) is 2.26. The van der Waals surface area contributed by atoms with Crippen molar-refractivity contribution in [3.05, 3.63) is 29.3 Å². The van der Waals surface area contributed by atoms with Crippen LogP contribution in [0.4, 0.5) is 0 Å². The quantitative estimate of drug-likeness (QED) is 0.774. The van der Waals surface area contributed by atoms with Crippen LogP contribution in [0, 0.1) is 0 Å². The van der Waals surface area contributed by atoms with Crippen LogP contribution in [-0.4, -0.2) is 31.8 Å². The molecule has 0 aliphatic carbocycles. The molecule has 18 heavy (non-hydrogen) atoms. The average Bonchev–Trinajstić information content (AvgIpc) is 2.34. The topological polar surface area (TPSA) is 47.6 Å². The standard InChI is InChI=1S/C13H18ClNO3/c1-10(2)17-8-7-15-13(16)9-18-12-5-3-11(14)4-6-12/h3-6,10H,7-9H2,1-2H3,(H,15,16). The van der Waals surface area contributed by atoms with E-state index in [9.17, 15) is 4.79 Å². The smallest absolute Gasteiger partial charge is 0.258 e. The van der Waals surface area contributed by atoms with Crippen molar-refractivity contribution in [3.8, 4) is 5.75 Å². The summed E-state index contributed by atoms with van der Waals surface area (Å²) in [6.45, 7) is 4.88. The van der Waals surface area contributed by atoms with Crippen LogP contribution in [0.1, 0.15) is 13.8 Å². The number of amides is 1. The summed E-state index contributed by atoms with van der Waals surface area (Å²) in [5.41, 5.74) is 0. The highest BCUT2D eigenvalue weighted by Gasteiger charge is 2.02. The first-order chi connectivity index (χ1) is 8.58. The van der Waals surface area contributed by atoms with Gasteiger partial charge in [-0.25, -0.2) is 0 Å². The van der Waals surface area contributed by atoms with Gasteiger partial charge in [-0.2, -0.15) is 0 Å². The number of rotatable bonds is 7. The van der Waals surface area contributed by atoms with Crippen molar-refractivity contribution < 1.29 is 14.3 Å². The predicted molar refractivity (Wildman–Crippen MR) is 71.0 cm³/mol. The zero-order chi connectivity index (χ0) is 13.4. The molecule has 0 aliphatic heterocycles. The minimum absolute atomic E-state index is 0.0106. The van der Waals surface area contributed by atoms with E-state index in [-0.39, 0.29) is 18.6 Å². The minimum Gasteiger partial charge on any atom is -0.484 e. The molecular formula is C13H18ClNO3. The molecule has 0 saturated heterocycles. The zero-order valence-corrected chi connectivity index (χ0v) is 11.4. The van der Waals surface area contributed by atoms with Crippen molar-refractivity contribution in [1.82, 2.24) is 5.32 Å². The van der Waals surface area contributed by atoms with E-state index < -0.39 is 0 Å². The van der Waals surface area contributed by atoms with Crippen LogP contribution in [0.25, 0.3) is 0 Å². The van der Waals surface area contributed by atoms with Gasteiger partial charge in [-0.05, 0) is 38.1 Å². The van der Waals surface area contributed by atoms with Gasteiger partial charge in [0.15, 0.2) is 6.61 Å². The molecule has 0 unspecified atom stereocenters. The maximum Gasteiger partial charge on any atom is 0.258 e. The molecule has 0 heterocycles. The summed E-state index contributed by atoms with van der Waals surface area (Å²) in [6.07, 6.45) is 0.173. The second-order valence-electron chi connectivity index (χ2n) is 4.01. The molecule has 100 valence electrons. The Morgan fingerprint density at radius 2 is 2.00 bits per heavy atom. The summed E-state index contributed by atoms with van der Waals surface area (Å²) in [7, 11) is 0. The maximum absolute atomic E-state index is 11.4. The summed E-state index contributed by atoms with van der Waals surface area (Å²) < 4.78 is 10.6. The Balaban J connectivity index is 2.15. The van der Waals surface area contributed by atoms with E-state index in [0.717, 1.165) is 0 Å². The summed E-state index contributed by atoms with van der Waals surface area (Å²) in [6, 6.07) is 6.87. The number of benzene rings is 1. The first kappa shape index (κ1) is 14.8. The molecule has 0 bridgehead atoms. The van der Waals surface area contributed by atoms with E-state index in [4.69, 9.17) is 21.1 Å². The van der Waals surface area contributed by atoms with Crippen LogP contribution >= 0.6 is 11.6 Å². The van der Waals surface area contributed by atoms with E-state index >= 15 is 0 Å². The lowest BCUT2D eigenvalue weighted by atomic mass is 10.3. The molecule has 0 aromatic heterocycles. The molecule has 5 heteroatoms. The molecule has 1 amide bonds. The lowest BCUT2D eigenvalue weighted by molar-refractivity contribution is -0.123. The Hall–Kier alpha value is -1.26. The van der Waals surface area contributed by atoms with Crippen LogP contribution in [0.15, 0.2) is 24.3 Å². The Morgan fingerprint density at radius 1 is 1.33 bits per heavy atom. The third-order valence-electron chi connectivity index (χ3n) is 2.06. The molecule has 0 aliphatic rings. The van der Waals surface area contributed by atoms with Crippen molar-refractivity contribution in [2.24, 2.45) is 0 Å². The molecule has 1 rings (SSSR count). The van der Waals surface area contributed by atoms with E-state index in [2.05, 4.69) is 5.32 Å². The fraction of sp³-hybridized carbons (Fsp3) is 0.462. The Labute approximate surface area is 112 Å². The van der Waals surface area contributed by atoms with Crippen molar-refractivity contribution in [3.63, 3.8) is 0 Å². The van der Waals surface area contributed by atoms with E-state index in [0.29, 0.717) is 23.9 Å². The molecular weight excluding hydrogens is 254 g/mol. The van der Waals surface area contributed by atoms with E-state index in [1.807, 2.05) is 13.8 Å². The second kappa shape index (κ2) is 7.95. The number of hydrogen-bond donors (Lipinski definition) is 1. The summed E-state index contributed by atoms with van der Waals surface area (Å²) in [4.78, 5) is 11.4. The number of carbonyl (C=O) groups is 1. The Bertz CT molecular complexity index is 365. The lowest BCUT2D eigenvalue weighted by Crippen LogP contribution is -2.32. The fourth-order valence-electron chi connectivity index (χ4n) is 1.22. The molecule has 0 spiro atoms. The SMILES string of the molecule is CC(C)OCCNC(=O)COc1ccc(Cl)cc1. The van der Waals surface area contributed by atoms with Gasteiger partial charge in [0.05, 0.1) is 12.7 Å². The first-order valence-corrected chi connectivity index (χ1v) is 6.22. The average molecular weight is 272 g/mol. The van der Waals surface area contributed by atoms with Gasteiger partial charge in [-0.1, -0.05) is 11.6 Å². The summed E-state index contributed by atoms with van der Waals surface area (Å²) in [5.74, 6) is 0.449. The summed E-state index contributed by atoms with van der Waals surface area (Å²) in [5, 5.41) is 3.34. The van der Waals surface area contributed by atoms with Crippen LogP contribution in [0.3, 0.4) is 0 Å². The van der Waals surface area contributed by atoms with Crippen molar-refractivity contribution in [2.75, 3.05) is 19.8 Å². The molecule has 4 nitrogen and oxygen atoms in total. The molecule has 1 aromatic rings. The number of ether oxygens (including phenoxy) is 2. The van der Waals surface area contributed by atoms with Crippen LogP contribution in [0.2, 0.25) is 5.02 Å². The normalized spacial score (nSPS) is 10.4. The van der Waals surface area contributed by atoms with Gasteiger partial charge in [0.25, 0.3) is 5.91 Å². The van der Waals surface area contributed by atoms with Gasteiger partial charge in [0.1, 0.15) is 5.75 Å². The molecule has 0 atom stereocenters. The number of hydrogen-bond acceptors (Lipinski definition) is 3. The van der Waals surface area contributed by atoms with Crippen molar-refractivity contribution in [1.29, 1.82) is 0 Å². The van der Waals surface area contributed by atoms with Gasteiger partial charge in [0, 0.05) is 11.6 Å². The first-order valence-electron chi connectivity index (χ1n) is 5.84. The minimum atomic E-state index is -0.169. The number of carbonyl (C=O) groups excluding carboxylic acids is 1. The monoisotopic (exact) mass is 271 g/mol. The highest BCUT2D eigenvalue weighted by Crippen LogP contribution is 2.15. The van der Waals surface area contributed by atoms with Gasteiger partial charge in [-0.3, -0.25) is 4.79 Å². The third kappa shape index (κ3) is 6.47. The second-order valence-corrected chi connectivity index (χ2v) is 4.45. The van der Waals surface area contributed by atoms with Gasteiger partial charge in [-0.15, -0.1) is 0 Å². The third-order valence-corrected chi connectivity index (χ3v) is 2.31. The summed E-state index contributed by atoms with van der Waals surface area (Å²) >= 11 is 5.74. The van der Waals surface area contributed by atoms with Crippen LogP contribution in [-0.2, 0) is 9.53 Å². The van der Waals surface area contributed by atoms with E-state index in [1.54, 1.807) is 24.3 Å². The zero-order valence-electron chi connectivity index (χ0n) is 10.6. The van der Waals surface area contributed by atoms with Crippen molar-refractivity contribution >= 4 is 17.5 Å². The van der Waals surface area contributed by atoms with Gasteiger partial charge >= 0.3 is 0 Å². The van der Waals surface area contributed by atoms with E-state index in [1.165, 1.54) is 0 Å². The molecule has 0 radical (unpaired) electrons. The number of halogens is 1. The maximum atomic E-state index is 11.4. The molecule has 0 saturated carbocycles. The van der Waals surface area contributed by atoms with Crippen molar-refractivity contribution in [2.45, 2.75) is 20.0 Å². The Morgan fingerprint density at radius 3 is 2.61 bits per heavy atom. The van der Waals surface area contributed by atoms with Gasteiger partial charge in [0.2, 0.25) is 0 Å². The highest BCUT2D eigenvalue weighted by atomic mass is 35.5. The number of nitrogens with one attached hydrogen (secondary N) is 1. The van der Waals surface area contributed by atoms with Crippen LogP contribution < -0.4 is 10.1 Å². The fourth-order valence-corrected chi connectivity index (χ4v) is 1.34. The lowest BCUT2D eigenvalue weighted by Gasteiger charge is -2.09.